The Morgan fingerprint density at radius 3 is 2.03 bits per heavy atom. The number of halogens is 3. The highest BCUT2D eigenvalue weighted by Gasteiger charge is 2.30. The first-order valence-corrected chi connectivity index (χ1v) is 9.54. The van der Waals surface area contributed by atoms with Crippen LogP contribution < -0.4 is 4.74 Å². The maximum Gasteiger partial charge on any atom is 0.573 e. The average molecular weight is 392 g/mol. The summed E-state index contributed by atoms with van der Waals surface area (Å²) in [6.07, 6.45) is -1.65. The Morgan fingerprint density at radius 2 is 1.38 bits per heavy atom. The zero-order valence-corrected chi connectivity index (χ0v) is 15.9. The van der Waals surface area contributed by atoms with Crippen LogP contribution in [0.3, 0.4) is 0 Å². The number of hydrogen-bond donors (Lipinski definition) is 0. The van der Waals surface area contributed by atoms with Crippen molar-refractivity contribution < 1.29 is 17.9 Å². The maximum absolute atomic E-state index is 12.2. The average Bonchev–Trinajstić information content (AvgIpc) is 2.71. The van der Waals surface area contributed by atoms with Crippen LogP contribution >= 0.6 is 0 Å². The first-order valence-electron chi connectivity index (χ1n) is 9.54. The minimum absolute atomic E-state index is 0.248. The highest BCUT2D eigenvalue weighted by molar-refractivity contribution is 5.74. The Morgan fingerprint density at radius 1 is 0.793 bits per heavy atom. The van der Waals surface area contributed by atoms with E-state index in [1.54, 1.807) is 0 Å². The number of fused-ring (bicyclic) bond motifs is 3. The molecule has 1 aliphatic rings. The van der Waals surface area contributed by atoms with Crippen LogP contribution in [-0.4, -0.2) is 6.36 Å². The van der Waals surface area contributed by atoms with E-state index >= 15 is 0 Å². The van der Waals surface area contributed by atoms with Gasteiger partial charge >= 0.3 is 6.36 Å². The lowest BCUT2D eigenvalue weighted by atomic mass is 9.84. The van der Waals surface area contributed by atoms with E-state index in [0.717, 1.165) is 24.8 Å². The first kappa shape index (κ1) is 19.1. The molecule has 0 amide bonds. The molecule has 0 saturated heterocycles. The fourth-order valence-corrected chi connectivity index (χ4v) is 3.63. The number of alkyl halides is 3. The molecular weight excluding hydrogens is 373 g/mol. The third-order valence-corrected chi connectivity index (χ3v) is 5.08. The van der Waals surface area contributed by atoms with E-state index in [4.69, 9.17) is 0 Å². The lowest BCUT2D eigenvalue weighted by Crippen LogP contribution is -2.16. The van der Waals surface area contributed by atoms with Crippen molar-refractivity contribution in [2.24, 2.45) is 0 Å². The second-order valence-corrected chi connectivity index (χ2v) is 7.04. The minimum atomic E-state index is -4.69. The predicted octanol–water partition coefficient (Wildman–Crippen LogP) is 6.31. The molecule has 29 heavy (non-hydrogen) atoms. The Balaban J connectivity index is 1.55. The van der Waals surface area contributed by atoms with Gasteiger partial charge in [-0.05, 0) is 83.5 Å². The number of rotatable bonds is 2. The molecule has 4 heteroatoms. The summed E-state index contributed by atoms with van der Waals surface area (Å²) in [4.78, 5) is 0. The molecule has 3 aromatic rings. The molecule has 0 aliphatic heterocycles. The zero-order chi connectivity index (χ0) is 20.4. The smallest absolute Gasteiger partial charge is 0.406 e. The van der Waals surface area contributed by atoms with Crippen LogP contribution in [0, 0.1) is 11.8 Å². The van der Waals surface area contributed by atoms with Gasteiger partial charge in [-0.1, -0.05) is 43.0 Å². The molecule has 0 bridgehead atoms. The lowest BCUT2D eigenvalue weighted by Gasteiger charge is -2.20. The molecule has 0 radical (unpaired) electrons. The molecule has 1 aliphatic carbocycles. The minimum Gasteiger partial charge on any atom is -0.406 e. The van der Waals surface area contributed by atoms with Gasteiger partial charge in [0.1, 0.15) is 5.75 Å². The van der Waals surface area contributed by atoms with Crippen LogP contribution in [0.2, 0.25) is 0 Å². The van der Waals surface area contributed by atoms with Gasteiger partial charge in [0.05, 0.1) is 0 Å². The summed E-state index contributed by atoms with van der Waals surface area (Å²) in [5.41, 5.74) is 8.12. The highest BCUT2D eigenvalue weighted by Crippen LogP contribution is 2.34. The van der Waals surface area contributed by atoms with Gasteiger partial charge in [-0.25, -0.2) is 0 Å². The lowest BCUT2D eigenvalue weighted by molar-refractivity contribution is -0.274. The van der Waals surface area contributed by atoms with Crippen LogP contribution in [0.5, 0.6) is 5.75 Å². The predicted molar refractivity (Wildman–Crippen MR) is 108 cm³/mol. The van der Waals surface area contributed by atoms with Crippen molar-refractivity contribution >= 4 is 0 Å². The molecular formula is C25H19F3O. The Labute approximate surface area is 168 Å². The van der Waals surface area contributed by atoms with Crippen LogP contribution in [0.25, 0.3) is 11.1 Å². The van der Waals surface area contributed by atoms with Crippen molar-refractivity contribution in [2.75, 3.05) is 0 Å². The van der Waals surface area contributed by atoms with E-state index in [1.165, 1.54) is 52.1 Å². The van der Waals surface area contributed by atoms with E-state index < -0.39 is 6.36 Å². The van der Waals surface area contributed by atoms with Gasteiger partial charge in [0.25, 0.3) is 0 Å². The SMILES string of the molecule is CCc1ccc2c(c1)CCc1cc(C#Cc3ccc(OC(F)(F)F)cc3)ccc1-2. The second-order valence-electron chi connectivity index (χ2n) is 7.04. The number of hydrogen-bond acceptors (Lipinski definition) is 1. The van der Waals surface area contributed by atoms with Crippen molar-refractivity contribution in [1.82, 2.24) is 0 Å². The van der Waals surface area contributed by atoms with E-state index in [2.05, 4.69) is 53.8 Å². The van der Waals surface area contributed by atoms with Crippen molar-refractivity contribution in [3.8, 4) is 28.7 Å². The molecule has 0 saturated carbocycles. The topological polar surface area (TPSA) is 9.23 Å². The summed E-state index contributed by atoms with van der Waals surface area (Å²) in [5, 5.41) is 0. The van der Waals surface area contributed by atoms with Crippen molar-refractivity contribution in [3.05, 3.63) is 88.5 Å². The van der Waals surface area contributed by atoms with E-state index in [9.17, 15) is 13.2 Å². The number of aryl methyl sites for hydroxylation is 3. The van der Waals surface area contributed by atoms with Gasteiger partial charge < -0.3 is 4.74 Å². The Kier molecular flexibility index (Phi) is 5.07. The molecule has 0 atom stereocenters. The maximum atomic E-state index is 12.2. The van der Waals surface area contributed by atoms with Gasteiger partial charge in [0.2, 0.25) is 0 Å². The van der Waals surface area contributed by atoms with Crippen molar-refractivity contribution in [2.45, 2.75) is 32.5 Å². The van der Waals surface area contributed by atoms with Crippen LogP contribution in [0.15, 0.2) is 60.7 Å². The standard InChI is InChI=1S/C25H19F3O/c1-2-17-7-13-23-20(15-17)9-10-21-16-19(8-14-24(21)23)4-3-18-5-11-22(12-6-18)29-25(26,27)28/h5-8,11-16H,2,9-10H2,1H3. The van der Waals surface area contributed by atoms with Gasteiger partial charge in [-0.15, -0.1) is 13.2 Å². The van der Waals surface area contributed by atoms with Crippen molar-refractivity contribution in [1.29, 1.82) is 0 Å². The largest absolute Gasteiger partial charge is 0.573 e. The van der Waals surface area contributed by atoms with Gasteiger partial charge in [-0.3, -0.25) is 0 Å². The summed E-state index contributed by atoms with van der Waals surface area (Å²) in [5.74, 6) is 5.86. The summed E-state index contributed by atoms with van der Waals surface area (Å²) in [7, 11) is 0. The van der Waals surface area contributed by atoms with Crippen molar-refractivity contribution in [3.63, 3.8) is 0 Å². The Bertz CT molecular complexity index is 1100. The van der Waals surface area contributed by atoms with E-state index in [-0.39, 0.29) is 5.75 Å². The summed E-state index contributed by atoms with van der Waals surface area (Å²) in [6.45, 7) is 2.17. The van der Waals surface area contributed by atoms with E-state index in [1.807, 2.05) is 6.07 Å². The molecule has 0 spiro atoms. The molecule has 0 heterocycles. The molecule has 3 aromatic carbocycles. The second kappa shape index (κ2) is 7.67. The fourth-order valence-electron chi connectivity index (χ4n) is 3.63. The van der Waals surface area contributed by atoms with Crippen LogP contribution in [-0.2, 0) is 19.3 Å². The monoisotopic (exact) mass is 392 g/mol. The molecule has 0 unspecified atom stereocenters. The highest BCUT2D eigenvalue weighted by atomic mass is 19.4. The van der Waals surface area contributed by atoms with Gasteiger partial charge in [0.15, 0.2) is 0 Å². The summed E-state index contributed by atoms with van der Waals surface area (Å²) >= 11 is 0. The summed E-state index contributed by atoms with van der Waals surface area (Å²) in [6, 6.07) is 18.5. The first-order chi connectivity index (χ1) is 13.9. The zero-order valence-electron chi connectivity index (χ0n) is 15.9. The molecule has 4 rings (SSSR count). The molecule has 1 nitrogen and oxygen atoms in total. The van der Waals surface area contributed by atoms with E-state index in [0.29, 0.717) is 5.56 Å². The fraction of sp³-hybridized carbons (Fsp3) is 0.200. The van der Waals surface area contributed by atoms with Gasteiger partial charge in [-0.2, -0.15) is 0 Å². The number of benzene rings is 3. The van der Waals surface area contributed by atoms with Crippen LogP contribution in [0.1, 0.15) is 34.7 Å². The number of ether oxygens (including phenoxy) is 1. The third-order valence-electron chi connectivity index (χ3n) is 5.08. The molecule has 0 aromatic heterocycles. The van der Waals surface area contributed by atoms with Crippen LogP contribution in [0.4, 0.5) is 13.2 Å². The summed E-state index contributed by atoms with van der Waals surface area (Å²) < 4.78 is 40.6. The molecule has 0 fully saturated rings. The normalized spacial score (nSPS) is 12.4. The quantitative estimate of drug-likeness (QED) is 0.464. The molecule has 146 valence electrons. The van der Waals surface area contributed by atoms with Gasteiger partial charge in [0, 0.05) is 11.1 Å². The third kappa shape index (κ3) is 4.46. The molecule has 0 N–H and O–H groups in total. The Hall–Kier alpha value is -3.19.